The Bertz CT molecular complexity index is 422. The third-order valence-corrected chi connectivity index (χ3v) is 2.39. The summed E-state index contributed by atoms with van der Waals surface area (Å²) in [5, 5.41) is 0. The molecule has 1 aromatic heterocycles. The van der Waals surface area contributed by atoms with E-state index in [1.54, 1.807) is 0 Å². The number of oxazole rings is 1. The Labute approximate surface area is 82.9 Å². The summed E-state index contributed by atoms with van der Waals surface area (Å²) in [4.78, 5) is 4.10. The van der Waals surface area contributed by atoms with Gasteiger partial charge in [-0.05, 0) is 12.5 Å². The van der Waals surface area contributed by atoms with E-state index in [1.165, 1.54) is 6.39 Å². The average molecular weight is 190 g/mol. The molecule has 0 bridgehead atoms. The standard InChI is InChI=1S/C11H14N2O/c1-2-4-9(12)8-5-3-6-10-11(8)14-7-13-10/h3,5-7,9H,2,4,12H2,1H3. The average Bonchev–Trinajstić information content (AvgIpc) is 2.65. The van der Waals surface area contributed by atoms with Crippen molar-refractivity contribution in [1.29, 1.82) is 0 Å². The van der Waals surface area contributed by atoms with Crippen LogP contribution in [0.4, 0.5) is 0 Å². The normalized spacial score (nSPS) is 13.3. The first kappa shape index (κ1) is 9.21. The minimum Gasteiger partial charge on any atom is -0.443 e. The van der Waals surface area contributed by atoms with Crippen molar-refractivity contribution in [1.82, 2.24) is 4.98 Å². The zero-order valence-corrected chi connectivity index (χ0v) is 8.23. The molecule has 1 atom stereocenters. The molecule has 2 rings (SSSR count). The largest absolute Gasteiger partial charge is 0.443 e. The number of benzene rings is 1. The summed E-state index contributed by atoms with van der Waals surface area (Å²) in [6, 6.07) is 5.96. The molecule has 0 aliphatic heterocycles. The monoisotopic (exact) mass is 190 g/mol. The second-order valence-electron chi connectivity index (χ2n) is 3.44. The Morgan fingerprint density at radius 1 is 1.50 bits per heavy atom. The van der Waals surface area contributed by atoms with E-state index < -0.39 is 0 Å². The molecule has 0 aliphatic rings. The van der Waals surface area contributed by atoms with Crippen LogP contribution in [0.5, 0.6) is 0 Å². The van der Waals surface area contributed by atoms with E-state index in [4.69, 9.17) is 10.2 Å². The molecule has 2 N–H and O–H groups in total. The Hall–Kier alpha value is -1.35. The van der Waals surface area contributed by atoms with Crippen molar-refractivity contribution in [3.8, 4) is 0 Å². The summed E-state index contributed by atoms with van der Waals surface area (Å²) >= 11 is 0. The summed E-state index contributed by atoms with van der Waals surface area (Å²) in [6.45, 7) is 2.13. The Balaban J connectivity index is 2.45. The van der Waals surface area contributed by atoms with E-state index in [9.17, 15) is 0 Å². The van der Waals surface area contributed by atoms with Gasteiger partial charge in [0.25, 0.3) is 0 Å². The fourth-order valence-electron chi connectivity index (χ4n) is 1.67. The Morgan fingerprint density at radius 3 is 3.14 bits per heavy atom. The summed E-state index contributed by atoms with van der Waals surface area (Å²) in [7, 11) is 0. The molecule has 0 fully saturated rings. The molecule has 3 heteroatoms. The van der Waals surface area contributed by atoms with E-state index >= 15 is 0 Å². The molecule has 14 heavy (non-hydrogen) atoms. The van der Waals surface area contributed by atoms with E-state index in [0.717, 1.165) is 29.5 Å². The number of hydrogen-bond acceptors (Lipinski definition) is 3. The number of rotatable bonds is 3. The maximum atomic E-state index is 6.04. The summed E-state index contributed by atoms with van der Waals surface area (Å²) < 4.78 is 5.33. The van der Waals surface area contributed by atoms with Gasteiger partial charge in [0.1, 0.15) is 5.52 Å². The molecule has 1 unspecified atom stereocenters. The smallest absolute Gasteiger partial charge is 0.181 e. The first-order chi connectivity index (χ1) is 6.83. The predicted molar refractivity (Wildman–Crippen MR) is 55.8 cm³/mol. The van der Waals surface area contributed by atoms with Gasteiger partial charge < -0.3 is 10.2 Å². The minimum atomic E-state index is 0.0525. The van der Waals surface area contributed by atoms with Crippen molar-refractivity contribution >= 4 is 11.1 Å². The molecule has 0 radical (unpaired) electrons. The molecule has 0 saturated heterocycles. The topological polar surface area (TPSA) is 52.0 Å². The van der Waals surface area contributed by atoms with Crippen molar-refractivity contribution in [3.63, 3.8) is 0 Å². The van der Waals surface area contributed by atoms with Crippen LogP contribution in [0.25, 0.3) is 11.1 Å². The molecule has 2 aromatic rings. The molecule has 0 spiro atoms. The lowest BCUT2D eigenvalue weighted by Crippen LogP contribution is -2.09. The molecule has 0 saturated carbocycles. The van der Waals surface area contributed by atoms with Crippen LogP contribution in [0.2, 0.25) is 0 Å². The summed E-state index contributed by atoms with van der Waals surface area (Å²) in [6.07, 6.45) is 3.51. The van der Waals surface area contributed by atoms with Gasteiger partial charge in [0.15, 0.2) is 12.0 Å². The summed E-state index contributed by atoms with van der Waals surface area (Å²) in [5.74, 6) is 0. The van der Waals surface area contributed by atoms with Gasteiger partial charge in [0, 0.05) is 11.6 Å². The fourth-order valence-corrected chi connectivity index (χ4v) is 1.67. The molecule has 0 aliphatic carbocycles. The summed E-state index contributed by atoms with van der Waals surface area (Å²) in [5.41, 5.74) is 8.81. The first-order valence-corrected chi connectivity index (χ1v) is 4.90. The molecular formula is C11H14N2O. The maximum absolute atomic E-state index is 6.04. The van der Waals surface area contributed by atoms with E-state index in [1.807, 2.05) is 18.2 Å². The Kier molecular flexibility index (Phi) is 2.50. The van der Waals surface area contributed by atoms with Crippen LogP contribution in [0.15, 0.2) is 29.0 Å². The molecule has 1 aromatic carbocycles. The molecule has 1 heterocycles. The van der Waals surface area contributed by atoms with E-state index in [2.05, 4.69) is 11.9 Å². The van der Waals surface area contributed by atoms with Crippen LogP contribution in [0.3, 0.4) is 0 Å². The second-order valence-corrected chi connectivity index (χ2v) is 3.44. The lowest BCUT2D eigenvalue weighted by Gasteiger charge is -2.09. The third kappa shape index (κ3) is 1.51. The van der Waals surface area contributed by atoms with Crippen LogP contribution in [-0.2, 0) is 0 Å². The van der Waals surface area contributed by atoms with Crippen LogP contribution >= 0.6 is 0 Å². The highest BCUT2D eigenvalue weighted by Gasteiger charge is 2.11. The second kappa shape index (κ2) is 3.80. The van der Waals surface area contributed by atoms with Crippen molar-refractivity contribution < 1.29 is 4.42 Å². The van der Waals surface area contributed by atoms with Gasteiger partial charge in [-0.25, -0.2) is 4.98 Å². The molecule has 74 valence electrons. The highest BCUT2D eigenvalue weighted by Crippen LogP contribution is 2.24. The van der Waals surface area contributed by atoms with Gasteiger partial charge in [-0.1, -0.05) is 25.5 Å². The highest BCUT2D eigenvalue weighted by molar-refractivity contribution is 5.76. The number of para-hydroxylation sites is 1. The SMILES string of the molecule is CCCC(N)c1cccc2ncoc12. The zero-order chi connectivity index (χ0) is 9.97. The van der Waals surface area contributed by atoms with Crippen LogP contribution in [0, 0.1) is 0 Å². The van der Waals surface area contributed by atoms with Crippen LogP contribution in [-0.4, -0.2) is 4.98 Å². The molecule has 0 amide bonds. The number of aromatic nitrogens is 1. The van der Waals surface area contributed by atoms with E-state index in [-0.39, 0.29) is 6.04 Å². The van der Waals surface area contributed by atoms with Crippen molar-refractivity contribution in [3.05, 3.63) is 30.2 Å². The van der Waals surface area contributed by atoms with Gasteiger partial charge in [-0.2, -0.15) is 0 Å². The number of nitrogens with two attached hydrogens (primary N) is 1. The molecular weight excluding hydrogens is 176 g/mol. The number of fused-ring (bicyclic) bond motifs is 1. The minimum absolute atomic E-state index is 0.0525. The maximum Gasteiger partial charge on any atom is 0.181 e. The van der Waals surface area contributed by atoms with Gasteiger partial charge >= 0.3 is 0 Å². The van der Waals surface area contributed by atoms with Crippen LogP contribution in [0.1, 0.15) is 31.4 Å². The third-order valence-electron chi connectivity index (χ3n) is 2.39. The number of hydrogen-bond donors (Lipinski definition) is 1. The van der Waals surface area contributed by atoms with Gasteiger partial charge in [-0.15, -0.1) is 0 Å². The molecule has 3 nitrogen and oxygen atoms in total. The highest BCUT2D eigenvalue weighted by atomic mass is 16.3. The van der Waals surface area contributed by atoms with Gasteiger partial charge in [0.05, 0.1) is 0 Å². The lowest BCUT2D eigenvalue weighted by molar-refractivity contribution is 0.579. The van der Waals surface area contributed by atoms with Crippen molar-refractivity contribution in [2.75, 3.05) is 0 Å². The van der Waals surface area contributed by atoms with Crippen molar-refractivity contribution in [2.24, 2.45) is 5.73 Å². The van der Waals surface area contributed by atoms with Gasteiger partial charge in [-0.3, -0.25) is 0 Å². The van der Waals surface area contributed by atoms with Crippen molar-refractivity contribution in [2.45, 2.75) is 25.8 Å². The van der Waals surface area contributed by atoms with E-state index in [0.29, 0.717) is 0 Å². The van der Waals surface area contributed by atoms with Crippen LogP contribution < -0.4 is 5.73 Å². The predicted octanol–water partition coefficient (Wildman–Crippen LogP) is 2.63. The lowest BCUT2D eigenvalue weighted by atomic mass is 10.0. The zero-order valence-electron chi connectivity index (χ0n) is 8.23. The van der Waals surface area contributed by atoms with Gasteiger partial charge in [0.2, 0.25) is 0 Å². The Morgan fingerprint density at radius 2 is 2.36 bits per heavy atom. The fraction of sp³-hybridized carbons (Fsp3) is 0.364. The number of nitrogens with zero attached hydrogens (tertiary/aromatic N) is 1. The quantitative estimate of drug-likeness (QED) is 0.809. The first-order valence-electron chi connectivity index (χ1n) is 4.90.